The van der Waals surface area contributed by atoms with Crippen molar-refractivity contribution < 1.29 is 4.79 Å². The van der Waals surface area contributed by atoms with Gasteiger partial charge >= 0.3 is 0 Å². The second kappa shape index (κ2) is 6.79. The normalized spacial score (nSPS) is 18.1. The van der Waals surface area contributed by atoms with Crippen LogP contribution in [0, 0.1) is 0 Å². The maximum absolute atomic E-state index is 11.1. The number of nitrogens with one attached hydrogen (secondary N) is 3. The van der Waals surface area contributed by atoms with Crippen molar-refractivity contribution in [1.82, 2.24) is 16.0 Å². The van der Waals surface area contributed by atoms with Crippen LogP contribution in [0.3, 0.4) is 0 Å². The summed E-state index contributed by atoms with van der Waals surface area (Å²) in [5, 5.41) is 9.52. The van der Waals surface area contributed by atoms with Gasteiger partial charge in [0.2, 0.25) is 5.91 Å². The molecule has 1 rings (SSSR count). The molecule has 0 spiro atoms. The molecule has 0 aromatic carbocycles. The maximum Gasteiger partial charge on any atom is 0.221 e. The van der Waals surface area contributed by atoms with E-state index >= 15 is 0 Å². The molecule has 1 heterocycles. The lowest BCUT2D eigenvalue weighted by Crippen LogP contribution is -2.41. The second-order valence-electron chi connectivity index (χ2n) is 3.68. The molecule has 0 saturated carbocycles. The highest BCUT2D eigenvalue weighted by Crippen LogP contribution is 2.01. The lowest BCUT2D eigenvalue weighted by Gasteiger charge is -2.23. The number of rotatable bonds is 5. The molecule has 0 bridgehead atoms. The van der Waals surface area contributed by atoms with Crippen LogP contribution in [0.15, 0.2) is 0 Å². The van der Waals surface area contributed by atoms with Gasteiger partial charge in [-0.2, -0.15) is 0 Å². The Balaban J connectivity index is 1.99. The second-order valence-corrected chi connectivity index (χ2v) is 3.68. The van der Waals surface area contributed by atoms with E-state index in [1.165, 1.54) is 12.8 Å². The molecule has 1 saturated heterocycles. The molecule has 4 nitrogen and oxygen atoms in total. The van der Waals surface area contributed by atoms with E-state index in [1.807, 2.05) is 6.92 Å². The van der Waals surface area contributed by atoms with E-state index in [-0.39, 0.29) is 5.91 Å². The van der Waals surface area contributed by atoms with Crippen LogP contribution in [-0.2, 0) is 4.79 Å². The monoisotopic (exact) mass is 199 g/mol. The molecule has 1 aliphatic heterocycles. The number of carbonyl (C=O) groups excluding carboxylic acids is 1. The molecule has 0 aliphatic carbocycles. The molecule has 1 aliphatic rings. The molecule has 0 radical (unpaired) electrons. The zero-order valence-electron chi connectivity index (χ0n) is 8.94. The van der Waals surface area contributed by atoms with Crippen LogP contribution in [0.25, 0.3) is 0 Å². The van der Waals surface area contributed by atoms with Crippen molar-refractivity contribution in [2.75, 3.05) is 26.2 Å². The van der Waals surface area contributed by atoms with Crippen LogP contribution in [0.2, 0.25) is 0 Å². The lowest BCUT2D eigenvalue weighted by molar-refractivity contribution is -0.120. The van der Waals surface area contributed by atoms with Gasteiger partial charge in [-0.1, -0.05) is 0 Å². The van der Waals surface area contributed by atoms with Gasteiger partial charge in [-0.25, -0.2) is 0 Å². The van der Waals surface area contributed by atoms with Crippen molar-refractivity contribution in [3.63, 3.8) is 0 Å². The van der Waals surface area contributed by atoms with Crippen LogP contribution in [0.1, 0.15) is 26.2 Å². The lowest BCUT2D eigenvalue weighted by atomic mass is 10.1. The molecule has 3 N–H and O–H groups in total. The highest BCUT2D eigenvalue weighted by molar-refractivity contribution is 5.75. The summed E-state index contributed by atoms with van der Waals surface area (Å²) in [4.78, 5) is 11.1. The van der Waals surface area contributed by atoms with Gasteiger partial charge in [0, 0.05) is 25.6 Å². The van der Waals surface area contributed by atoms with E-state index < -0.39 is 0 Å². The van der Waals surface area contributed by atoms with Gasteiger partial charge in [0.15, 0.2) is 0 Å². The highest BCUT2D eigenvalue weighted by atomic mass is 16.1. The quantitative estimate of drug-likeness (QED) is 0.577. The van der Waals surface area contributed by atoms with Crippen molar-refractivity contribution in [2.45, 2.75) is 32.2 Å². The molecule has 0 atom stereocenters. The van der Waals surface area contributed by atoms with Crippen molar-refractivity contribution in [1.29, 1.82) is 0 Å². The first kappa shape index (κ1) is 11.5. The van der Waals surface area contributed by atoms with E-state index in [0.29, 0.717) is 12.5 Å². The van der Waals surface area contributed by atoms with E-state index in [0.717, 1.165) is 26.2 Å². The third-order valence-electron chi connectivity index (χ3n) is 2.50. The summed E-state index contributed by atoms with van der Waals surface area (Å²) in [6.07, 6.45) is 2.95. The minimum Gasteiger partial charge on any atom is -0.356 e. The van der Waals surface area contributed by atoms with Gasteiger partial charge in [0.05, 0.1) is 0 Å². The molecular weight excluding hydrogens is 178 g/mol. The molecule has 14 heavy (non-hydrogen) atoms. The Labute approximate surface area is 85.8 Å². The van der Waals surface area contributed by atoms with Gasteiger partial charge in [-0.15, -0.1) is 0 Å². The number of amides is 1. The summed E-state index contributed by atoms with van der Waals surface area (Å²) in [6, 6.07) is 0.602. The number of hydrogen-bond acceptors (Lipinski definition) is 3. The fraction of sp³-hybridized carbons (Fsp3) is 0.900. The van der Waals surface area contributed by atoms with Crippen molar-refractivity contribution in [3.8, 4) is 0 Å². The first-order chi connectivity index (χ1) is 6.83. The Morgan fingerprint density at radius 3 is 2.79 bits per heavy atom. The summed E-state index contributed by atoms with van der Waals surface area (Å²) >= 11 is 0. The first-order valence-electron chi connectivity index (χ1n) is 5.53. The van der Waals surface area contributed by atoms with Gasteiger partial charge in [-0.05, 0) is 32.9 Å². The third-order valence-corrected chi connectivity index (χ3v) is 2.50. The third kappa shape index (κ3) is 4.58. The zero-order chi connectivity index (χ0) is 10.2. The fourth-order valence-corrected chi connectivity index (χ4v) is 1.70. The Hall–Kier alpha value is -0.610. The fourth-order valence-electron chi connectivity index (χ4n) is 1.70. The molecular formula is C10H21N3O. The SMILES string of the molecule is CCNC(=O)CCNC1CCNCC1. The van der Waals surface area contributed by atoms with Gasteiger partial charge in [0.1, 0.15) is 0 Å². The van der Waals surface area contributed by atoms with Crippen LogP contribution in [0.5, 0.6) is 0 Å². The molecule has 82 valence electrons. The summed E-state index contributed by atoms with van der Waals surface area (Å²) in [5.74, 6) is 0.147. The summed E-state index contributed by atoms with van der Waals surface area (Å²) in [6.45, 7) is 5.67. The summed E-state index contributed by atoms with van der Waals surface area (Å²) < 4.78 is 0. The van der Waals surface area contributed by atoms with E-state index in [1.54, 1.807) is 0 Å². The Bertz CT molecular complexity index is 167. The number of carbonyl (C=O) groups is 1. The summed E-state index contributed by atoms with van der Waals surface area (Å²) in [5.41, 5.74) is 0. The average molecular weight is 199 g/mol. The Morgan fingerprint density at radius 1 is 1.43 bits per heavy atom. The Kier molecular flexibility index (Phi) is 5.56. The predicted molar refractivity (Wildman–Crippen MR) is 57.2 cm³/mol. The highest BCUT2D eigenvalue weighted by Gasteiger charge is 2.11. The van der Waals surface area contributed by atoms with Gasteiger partial charge in [-0.3, -0.25) is 4.79 Å². The van der Waals surface area contributed by atoms with Crippen LogP contribution >= 0.6 is 0 Å². The molecule has 0 unspecified atom stereocenters. The molecule has 0 aromatic rings. The standard InChI is InChI=1S/C10H21N3O/c1-2-12-10(14)5-8-13-9-3-6-11-7-4-9/h9,11,13H,2-8H2,1H3,(H,12,14). The topological polar surface area (TPSA) is 53.2 Å². The molecule has 1 amide bonds. The largest absolute Gasteiger partial charge is 0.356 e. The Morgan fingerprint density at radius 2 is 2.14 bits per heavy atom. The van der Waals surface area contributed by atoms with Crippen molar-refractivity contribution >= 4 is 5.91 Å². The van der Waals surface area contributed by atoms with Gasteiger partial charge < -0.3 is 16.0 Å². The van der Waals surface area contributed by atoms with Gasteiger partial charge in [0.25, 0.3) is 0 Å². The zero-order valence-corrected chi connectivity index (χ0v) is 8.94. The number of hydrogen-bond donors (Lipinski definition) is 3. The smallest absolute Gasteiger partial charge is 0.221 e. The number of piperidine rings is 1. The predicted octanol–water partition coefficient (Wildman–Crippen LogP) is -0.146. The van der Waals surface area contributed by atoms with Crippen molar-refractivity contribution in [2.24, 2.45) is 0 Å². The molecule has 4 heteroatoms. The van der Waals surface area contributed by atoms with Crippen LogP contribution < -0.4 is 16.0 Å². The summed E-state index contributed by atoms with van der Waals surface area (Å²) in [7, 11) is 0. The van der Waals surface area contributed by atoms with E-state index in [4.69, 9.17) is 0 Å². The van der Waals surface area contributed by atoms with E-state index in [9.17, 15) is 4.79 Å². The minimum atomic E-state index is 0.147. The maximum atomic E-state index is 11.1. The van der Waals surface area contributed by atoms with Crippen molar-refractivity contribution in [3.05, 3.63) is 0 Å². The van der Waals surface area contributed by atoms with Crippen LogP contribution in [-0.4, -0.2) is 38.1 Å². The minimum absolute atomic E-state index is 0.147. The van der Waals surface area contributed by atoms with E-state index in [2.05, 4.69) is 16.0 Å². The molecule has 0 aromatic heterocycles. The molecule has 1 fully saturated rings. The average Bonchev–Trinajstić information content (AvgIpc) is 2.20. The van der Waals surface area contributed by atoms with Crippen LogP contribution in [0.4, 0.5) is 0 Å². The first-order valence-corrected chi connectivity index (χ1v) is 5.53.